The average Bonchev–Trinajstić information content (AvgIpc) is 2.96. The van der Waals surface area contributed by atoms with Crippen LogP contribution >= 0.6 is 0 Å². The van der Waals surface area contributed by atoms with Crippen LogP contribution < -0.4 is 10.1 Å². The number of nitriles is 1. The van der Waals surface area contributed by atoms with Crippen LogP contribution in [0.5, 0.6) is 11.6 Å². The predicted octanol–water partition coefficient (Wildman–Crippen LogP) is 2.95. The van der Waals surface area contributed by atoms with Gasteiger partial charge in [-0.15, -0.1) is 0 Å². The summed E-state index contributed by atoms with van der Waals surface area (Å²) >= 11 is 0. The highest BCUT2D eigenvalue weighted by Gasteiger charge is 2.18. The zero-order valence-corrected chi connectivity index (χ0v) is 12.0. The summed E-state index contributed by atoms with van der Waals surface area (Å²) in [6.07, 6.45) is 3.08. The van der Waals surface area contributed by atoms with Crippen molar-refractivity contribution in [2.24, 2.45) is 0 Å². The maximum Gasteiger partial charge on any atom is 0.237 e. The Balaban J connectivity index is 1.97. The molecule has 0 saturated heterocycles. The van der Waals surface area contributed by atoms with E-state index < -0.39 is 0 Å². The first-order valence-corrected chi connectivity index (χ1v) is 7.15. The Labute approximate surface area is 124 Å². The first-order chi connectivity index (χ1) is 10.3. The van der Waals surface area contributed by atoms with Crippen molar-refractivity contribution >= 4 is 0 Å². The number of benzene rings is 1. The average molecular weight is 279 g/mol. The van der Waals surface area contributed by atoms with Gasteiger partial charge in [0.2, 0.25) is 5.88 Å². The standard InChI is InChI=1S/C17H17N3O/c1-19-11-13-5-2-3-8-16(13)21-17-14(10-18)9-12-6-4-7-15(12)20-17/h2-3,5,8-9,19H,4,6-7,11H2,1H3. The van der Waals surface area contributed by atoms with Gasteiger partial charge in [-0.25, -0.2) is 4.98 Å². The summed E-state index contributed by atoms with van der Waals surface area (Å²) in [5.41, 5.74) is 3.80. The van der Waals surface area contributed by atoms with Gasteiger partial charge in [0, 0.05) is 17.8 Å². The maximum absolute atomic E-state index is 9.32. The molecule has 0 spiro atoms. The highest BCUT2D eigenvalue weighted by atomic mass is 16.5. The Morgan fingerprint density at radius 1 is 1.33 bits per heavy atom. The van der Waals surface area contributed by atoms with E-state index in [2.05, 4.69) is 16.4 Å². The molecule has 0 unspecified atom stereocenters. The molecule has 1 aliphatic rings. The Bertz CT molecular complexity index is 704. The molecule has 0 bridgehead atoms. The van der Waals surface area contributed by atoms with Crippen LogP contribution in [0.1, 0.15) is 28.8 Å². The van der Waals surface area contributed by atoms with Gasteiger partial charge in [-0.1, -0.05) is 18.2 Å². The summed E-state index contributed by atoms with van der Waals surface area (Å²) < 4.78 is 5.94. The smallest absolute Gasteiger partial charge is 0.237 e. The van der Waals surface area contributed by atoms with E-state index in [-0.39, 0.29) is 0 Å². The summed E-state index contributed by atoms with van der Waals surface area (Å²) in [5, 5.41) is 12.4. The fraction of sp³-hybridized carbons (Fsp3) is 0.294. The molecule has 21 heavy (non-hydrogen) atoms. The number of ether oxygens (including phenoxy) is 1. The number of hydrogen-bond donors (Lipinski definition) is 1. The van der Waals surface area contributed by atoms with Crippen molar-refractivity contribution in [1.82, 2.24) is 10.3 Å². The van der Waals surface area contributed by atoms with Gasteiger partial charge in [0.05, 0.1) is 0 Å². The van der Waals surface area contributed by atoms with E-state index in [1.165, 1.54) is 5.56 Å². The first kappa shape index (κ1) is 13.6. The summed E-state index contributed by atoms with van der Waals surface area (Å²) in [4.78, 5) is 4.56. The van der Waals surface area contributed by atoms with Gasteiger partial charge in [0.25, 0.3) is 0 Å². The number of nitrogens with zero attached hydrogens (tertiary/aromatic N) is 2. The van der Waals surface area contributed by atoms with Gasteiger partial charge >= 0.3 is 0 Å². The van der Waals surface area contributed by atoms with Crippen LogP contribution in [-0.2, 0) is 19.4 Å². The Hall–Kier alpha value is -2.38. The molecular formula is C17H17N3O. The van der Waals surface area contributed by atoms with E-state index in [0.717, 1.165) is 36.3 Å². The number of aryl methyl sites for hydroxylation is 2. The number of fused-ring (bicyclic) bond motifs is 1. The van der Waals surface area contributed by atoms with Crippen LogP contribution in [0.25, 0.3) is 0 Å². The largest absolute Gasteiger partial charge is 0.437 e. The lowest BCUT2D eigenvalue weighted by Crippen LogP contribution is -2.07. The fourth-order valence-electron chi connectivity index (χ4n) is 2.66. The van der Waals surface area contributed by atoms with Gasteiger partial charge in [-0.05, 0) is 44.0 Å². The molecule has 3 rings (SSSR count). The molecule has 1 aromatic heterocycles. The van der Waals surface area contributed by atoms with Crippen LogP contribution in [0.15, 0.2) is 30.3 Å². The third-order valence-electron chi connectivity index (χ3n) is 3.68. The topological polar surface area (TPSA) is 57.9 Å². The Morgan fingerprint density at radius 2 is 2.19 bits per heavy atom. The molecular weight excluding hydrogens is 262 g/mol. The minimum absolute atomic E-state index is 0.418. The van der Waals surface area contributed by atoms with Crippen LogP contribution in [0.4, 0.5) is 0 Å². The van der Waals surface area contributed by atoms with E-state index in [4.69, 9.17) is 4.74 Å². The monoisotopic (exact) mass is 279 g/mol. The van der Waals surface area contributed by atoms with Crippen LogP contribution in [0.2, 0.25) is 0 Å². The molecule has 0 fully saturated rings. The third-order valence-corrected chi connectivity index (χ3v) is 3.68. The number of nitrogens with one attached hydrogen (secondary N) is 1. The normalized spacial score (nSPS) is 12.8. The zero-order valence-electron chi connectivity index (χ0n) is 12.0. The molecule has 4 heteroatoms. The number of rotatable bonds is 4. The first-order valence-electron chi connectivity index (χ1n) is 7.15. The van der Waals surface area contributed by atoms with Crippen LogP contribution in [0.3, 0.4) is 0 Å². The molecule has 1 aliphatic carbocycles. The van der Waals surface area contributed by atoms with E-state index >= 15 is 0 Å². The molecule has 0 amide bonds. The summed E-state index contributed by atoms with van der Waals surface area (Å²) in [7, 11) is 1.89. The van der Waals surface area contributed by atoms with Crippen molar-refractivity contribution in [3.8, 4) is 17.7 Å². The number of para-hydroxylation sites is 1. The number of hydrogen-bond acceptors (Lipinski definition) is 4. The second kappa shape index (κ2) is 5.94. The van der Waals surface area contributed by atoms with Gasteiger partial charge in [0.1, 0.15) is 17.4 Å². The fourth-order valence-corrected chi connectivity index (χ4v) is 2.66. The molecule has 4 nitrogen and oxygen atoms in total. The minimum atomic E-state index is 0.418. The molecule has 0 radical (unpaired) electrons. The lowest BCUT2D eigenvalue weighted by molar-refractivity contribution is 0.452. The summed E-state index contributed by atoms with van der Waals surface area (Å²) in [6, 6.07) is 11.9. The highest BCUT2D eigenvalue weighted by molar-refractivity contribution is 5.46. The molecule has 0 atom stereocenters. The van der Waals surface area contributed by atoms with Gasteiger partial charge in [0.15, 0.2) is 0 Å². The third kappa shape index (κ3) is 2.74. The van der Waals surface area contributed by atoms with Crippen molar-refractivity contribution in [1.29, 1.82) is 5.26 Å². The maximum atomic E-state index is 9.32. The van der Waals surface area contributed by atoms with E-state index in [1.54, 1.807) is 0 Å². The van der Waals surface area contributed by atoms with Gasteiger partial charge in [-0.3, -0.25) is 0 Å². The lowest BCUT2D eigenvalue weighted by atomic mass is 10.1. The van der Waals surface area contributed by atoms with Crippen molar-refractivity contribution < 1.29 is 4.74 Å². The zero-order chi connectivity index (χ0) is 14.7. The quantitative estimate of drug-likeness (QED) is 0.934. The molecule has 1 aromatic carbocycles. The van der Waals surface area contributed by atoms with E-state index in [0.29, 0.717) is 18.0 Å². The second-order valence-electron chi connectivity index (χ2n) is 5.15. The number of pyridine rings is 1. The van der Waals surface area contributed by atoms with Crippen LogP contribution in [-0.4, -0.2) is 12.0 Å². The molecule has 1 heterocycles. The number of aromatic nitrogens is 1. The SMILES string of the molecule is CNCc1ccccc1Oc1nc2c(cc1C#N)CCC2. The van der Waals surface area contributed by atoms with Gasteiger partial charge < -0.3 is 10.1 Å². The molecule has 1 N–H and O–H groups in total. The molecule has 2 aromatic rings. The molecule has 0 saturated carbocycles. The summed E-state index contributed by atoms with van der Waals surface area (Å²) in [5.74, 6) is 1.16. The van der Waals surface area contributed by atoms with Crippen molar-refractivity contribution in [3.63, 3.8) is 0 Å². The molecule has 106 valence electrons. The minimum Gasteiger partial charge on any atom is -0.437 e. The lowest BCUT2D eigenvalue weighted by Gasteiger charge is -2.12. The van der Waals surface area contributed by atoms with Crippen molar-refractivity contribution in [3.05, 3.63) is 52.7 Å². The summed E-state index contributed by atoms with van der Waals surface area (Å²) in [6.45, 7) is 0.711. The van der Waals surface area contributed by atoms with Gasteiger partial charge in [-0.2, -0.15) is 5.26 Å². The second-order valence-corrected chi connectivity index (χ2v) is 5.15. The Kier molecular flexibility index (Phi) is 3.85. The van der Waals surface area contributed by atoms with Crippen molar-refractivity contribution in [2.75, 3.05) is 7.05 Å². The van der Waals surface area contributed by atoms with Crippen LogP contribution in [0, 0.1) is 11.3 Å². The van der Waals surface area contributed by atoms with Crippen molar-refractivity contribution in [2.45, 2.75) is 25.8 Å². The predicted molar refractivity (Wildman–Crippen MR) is 80.3 cm³/mol. The Morgan fingerprint density at radius 3 is 3.00 bits per heavy atom. The highest BCUT2D eigenvalue weighted by Crippen LogP contribution is 2.30. The van der Waals surface area contributed by atoms with E-state index in [9.17, 15) is 5.26 Å². The van der Waals surface area contributed by atoms with E-state index in [1.807, 2.05) is 37.4 Å². The molecule has 0 aliphatic heterocycles.